The quantitative estimate of drug-likeness (QED) is 0.392. The van der Waals surface area contributed by atoms with Crippen molar-refractivity contribution < 1.29 is 9.32 Å². The Balaban J connectivity index is 0.000000323. The number of amides is 1. The van der Waals surface area contributed by atoms with Crippen LogP contribution in [0.25, 0.3) is 11.4 Å². The van der Waals surface area contributed by atoms with Crippen LogP contribution in [0.3, 0.4) is 0 Å². The first-order valence-corrected chi connectivity index (χ1v) is 11.3. The van der Waals surface area contributed by atoms with Crippen molar-refractivity contribution in [2.24, 2.45) is 0 Å². The normalized spacial score (nSPS) is 13.9. The standard InChI is InChI=1S/C18H23N5O2.C6H6ClN/c1-12(2)20-16-9-14(3-4-15(16)10-19)17-21-18(25-22-17)13-5-7-23(11-24)8-6-13;1-5-2-3-6(7)4-8-5/h3-4,9-13,19-20H,5-8H2,1-2H3;2-4H,1H3. The number of anilines is 1. The van der Waals surface area contributed by atoms with Crippen LogP contribution in [-0.2, 0) is 4.79 Å². The molecule has 0 bridgehead atoms. The first-order chi connectivity index (χ1) is 15.9. The first-order valence-electron chi connectivity index (χ1n) is 10.9. The van der Waals surface area contributed by atoms with Gasteiger partial charge in [0.1, 0.15) is 0 Å². The molecule has 1 amide bonds. The van der Waals surface area contributed by atoms with Crippen molar-refractivity contribution in [3.63, 3.8) is 0 Å². The van der Waals surface area contributed by atoms with E-state index in [4.69, 9.17) is 21.5 Å². The lowest BCUT2D eigenvalue weighted by Gasteiger charge is -2.26. The second kappa shape index (κ2) is 11.6. The third kappa shape index (κ3) is 6.86. The van der Waals surface area contributed by atoms with E-state index in [1.165, 1.54) is 6.21 Å². The smallest absolute Gasteiger partial charge is 0.230 e. The van der Waals surface area contributed by atoms with Gasteiger partial charge in [-0.15, -0.1) is 0 Å². The van der Waals surface area contributed by atoms with Crippen LogP contribution in [0.15, 0.2) is 41.1 Å². The van der Waals surface area contributed by atoms with Crippen LogP contribution in [-0.4, -0.2) is 51.8 Å². The summed E-state index contributed by atoms with van der Waals surface area (Å²) in [5.74, 6) is 1.39. The molecule has 0 saturated carbocycles. The summed E-state index contributed by atoms with van der Waals surface area (Å²) in [6, 6.07) is 9.69. The molecule has 1 fully saturated rings. The van der Waals surface area contributed by atoms with E-state index in [0.29, 0.717) is 16.7 Å². The van der Waals surface area contributed by atoms with E-state index in [9.17, 15) is 4.79 Å². The van der Waals surface area contributed by atoms with Gasteiger partial charge in [0, 0.05) is 60.0 Å². The van der Waals surface area contributed by atoms with Gasteiger partial charge in [0.15, 0.2) is 0 Å². The van der Waals surface area contributed by atoms with Gasteiger partial charge in [-0.3, -0.25) is 9.78 Å². The SMILES string of the molecule is CC(C)Nc1cc(-c2noc(C3CCN(C=O)CC3)n2)ccc1C=N.Cc1ccc(Cl)cn1. The van der Waals surface area contributed by atoms with E-state index in [0.717, 1.165) is 54.8 Å². The van der Waals surface area contributed by atoms with Gasteiger partial charge in [-0.2, -0.15) is 4.98 Å². The number of hydrogen-bond donors (Lipinski definition) is 2. The van der Waals surface area contributed by atoms with Gasteiger partial charge < -0.3 is 20.1 Å². The number of pyridine rings is 1. The zero-order valence-electron chi connectivity index (χ0n) is 19.1. The number of rotatable bonds is 6. The molecule has 0 atom stereocenters. The van der Waals surface area contributed by atoms with Crippen LogP contribution in [0.1, 0.15) is 49.8 Å². The molecule has 174 valence electrons. The number of nitrogens with zero attached hydrogens (tertiary/aromatic N) is 4. The number of likely N-dealkylation sites (tertiary alicyclic amines) is 1. The Morgan fingerprint density at radius 2 is 2.00 bits per heavy atom. The number of halogens is 1. The Labute approximate surface area is 198 Å². The number of nitrogens with one attached hydrogen (secondary N) is 2. The highest BCUT2D eigenvalue weighted by Crippen LogP contribution is 2.29. The van der Waals surface area contributed by atoms with Gasteiger partial charge >= 0.3 is 0 Å². The molecule has 1 aliphatic rings. The molecule has 0 aliphatic carbocycles. The van der Waals surface area contributed by atoms with E-state index in [-0.39, 0.29) is 12.0 Å². The van der Waals surface area contributed by atoms with E-state index in [1.54, 1.807) is 11.1 Å². The van der Waals surface area contributed by atoms with Crippen molar-refractivity contribution in [3.05, 3.63) is 58.7 Å². The number of aromatic nitrogens is 3. The summed E-state index contributed by atoms with van der Waals surface area (Å²) >= 11 is 5.55. The molecule has 9 heteroatoms. The Morgan fingerprint density at radius 1 is 1.24 bits per heavy atom. The molecule has 0 unspecified atom stereocenters. The van der Waals surface area contributed by atoms with E-state index < -0.39 is 0 Å². The Morgan fingerprint density at radius 3 is 2.58 bits per heavy atom. The number of benzene rings is 1. The highest BCUT2D eigenvalue weighted by molar-refractivity contribution is 6.30. The third-order valence-corrected chi connectivity index (χ3v) is 5.48. The van der Waals surface area contributed by atoms with Crippen LogP contribution in [0, 0.1) is 12.3 Å². The van der Waals surface area contributed by atoms with Crippen LogP contribution in [0.5, 0.6) is 0 Å². The lowest BCUT2D eigenvalue weighted by molar-refractivity contribution is -0.119. The minimum atomic E-state index is 0.201. The molecule has 3 aromatic rings. The molecule has 2 aromatic heterocycles. The van der Waals surface area contributed by atoms with Crippen LogP contribution in [0.2, 0.25) is 5.02 Å². The number of carbonyl (C=O) groups is 1. The third-order valence-electron chi connectivity index (χ3n) is 5.26. The van der Waals surface area contributed by atoms with Gasteiger partial charge in [-0.05, 0) is 51.8 Å². The minimum absolute atomic E-state index is 0.201. The van der Waals surface area contributed by atoms with Crippen LogP contribution in [0.4, 0.5) is 5.69 Å². The first kappa shape index (κ1) is 24.4. The summed E-state index contributed by atoms with van der Waals surface area (Å²) in [5, 5.41) is 15.7. The highest BCUT2D eigenvalue weighted by Gasteiger charge is 2.25. The van der Waals surface area contributed by atoms with Gasteiger partial charge in [0.2, 0.25) is 18.1 Å². The van der Waals surface area contributed by atoms with Crippen LogP contribution < -0.4 is 5.32 Å². The molecule has 8 nitrogen and oxygen atoms in total. The summed E-state index contributed by atoms with van der Waals surface area (Å²) in [4.78, 5) is 21.1. The second-order valence-corrected chi connectivity index (χ2v) is 8.67. The summed E-state index contributed by atoms with van der Waals surface area (Å²) in [7, 11) is 0. The minimum Gasteiger partial charge on any atom is -0.382 e. The topological polar surface area (TPSA) is 108 Å². The van der Waals surface area contributed by atoms with Crippen molar-refractivity contribution in [2.45, 2.75) is 45.6 Å². The fraction of sp³-hybridized carbons (Fsp3) is 0.375. The Hall–Kier alpha value is -3.26. The average molecular weight is 469 g/mol. The molecule has 4 rings (SSSR count). The maximum atomic E-state index is 10.8. The van der Waals surface area contributed by atoms with Crippen LogP contribution >= 0.6 is 11.6 Å². The monoisotopic (exact) mass is 468 g/mol. The highest BCUT2D eigenvalue weighted by atomic mass is 35.5. The predicted molar refractivity (Wildman–Crippen MR) is 130 cm³/mol. The molecule has 1 aromatic carbocycles. The molecule has 1 aliphatic heterocycles. The number of aryl methyl sites for hydroxylation is 1. The zero-order valence-corrected chi connectivity index (χ0v) is 19.8. The second-order valence-electron chi connectivity index (χ2n) is 8.24. The van der Waals surface area contributed by atoms with Gasteiger partial charge in [-0.25, -0.2) is 0 Å². The molecule has 0 spiro atoms. The van der Waals surface area contributed by atoms with Crippen molar-refractivity contribution in [1.82, 2.24) is 20.0 Å². The predicted octanol–water partition coefficient (Wildman–Crippen LogP) is 4.93. The summed E-state index contributed by atoms with van der Waals surface area (Å²) in [6.07, 6.45) is 5.54. The lowest BCUT2D eigenvalue weighted by Crippen LogP contribution is -2.31. The fourth-order valence-corrected chi connectivity index (χ4v) is 3.59. The maximum Gasteiger partial charge on any atom is 0.230 e. The van der Waals surface area contributed by atoms with Crippen molar-refractivity contribution >= 4 is 29.9 Å². The Bertz CT molecular complexity index is 1040. The van der Waals surface area contributed by atoms with Gasteiger partial charge in [0.25, 0.3) is 0 Å². The largest absolute Gasteiger partial charge is 0.382 e. The number of piperidine rings is 1. The maximum absolute atomic E-state index is 10.8. The van der Waals surface area contributed by atoms with Crippen molar-refractivity contribution in [1.29, 1.82) is 5.41 Å². The summed E-state index contributed by atoms with van der Waals surface area (Å²) in [5.41, 5.74) is 3.55. The molecular weight excluding hydrogens is 440 g/mol. The summed E-state index contributed by atoms with van der Waals surface area (Å²) in [6.45, 7) is 7.48. The summed E-state index contributed by atoms with van der Waals surface area (Å²) < 4.78 is 5.47. The lowest BCUT2D eigenvalue weighted by atomic mass is 9.97. The zero-order chi connectivity index (χ0) is 23.8. The number of hydrogen-bond acceptors (Lipinski definition) is 7. The molecule has 33 heavy (non-hydrogen) atoms. The fourth-order valence-electron chi connectivity index (χ4n) is 3.48. The average Bonchev–Trinajstić information content (AvgIpc) is 3.31. The van der Waals surface area contributed by atoms with Crippen molar-refractivity contribution in [3.8, 4) is 11.4 Å². The molecular formula is C24H29ClN6O2. The number of carbonyl (C=O) groups excluding carboxylic acids is 1. The van der Waals surface area contributed by atoms with Gasteiger partial charge in [0.05, 0.1) is 5.02 Å². The van der Waals surface area contributed by atoms with E-state index in [1.807, 2.05) is 37.3 Å². The van der Waals surface area contributed by atoms with E-state index in [2.05, 4.69) is 34.3 Å². The van der Waals surface area contributed by atoms with Crippen molar-refractivity contribution in [2.75, 3.05) is 18.4 Å². The molecule has 3 heterocycles. The van der Waals surface area contributed by atoms with Gasteiger partial charge in [-0.1, -0.05) is 28.9 Å². The molecule has 0 radical (unpaired) electrons. The molecule has 2 N–H and O–H groups in total. The van der Waals surface area contributed by atoms with E-state index >= 15 is 0 Å². The molecule has 1 saturated heterocycles. The Kier molecular flexibility index (Phi) is 8.54.